The summed E-state index contributed by atoms with van der Waals surface area (Å²) in [6.07, 6.45) is 2.38. The van der Waals surface area contributed by atoms with E-state index in [-0.39, 0.29) is 0 Å². The van der Waals surface area contributed by atoms with Gasteiger partial charge in [-0.2, -0.15) is 0 Å². The number of piperazine rings is 1. The molecule has 2 rings (SSSR count). The molecule has 0 radical (unpaired) electrons. The van der Waals surface area contributed by atoms with Crippen LogP contribution in [0.4, 0.5) is 0 Å². The Kier molecular flexibility index (Phi) is 6.96. The fourth-order valence-electron chi connectivity index (χ4n) is 2.13. The molecule has 2 aliphatic rings. The number of aliphatic carboxylic acids is 2. The molecule has 0 spiro atoms. The third-order valence-electron chi connectivity index (χ3n) is 3.21. The number of nitrogens with zero attached hydrogens (tertiary/aromatic N) is 2. The lowest BCUT2D eigenvalue weighted by Crippen LogP contribution is -2.48. The second-order valence-corrected chi connectivity index (χ2v) is 4.72. The number of nitrogens with one attached hydrogen (secondary N) is 1. The van der Waals surface area contributed by atoms with Crippen LogP contribution in [0.2, 0.25) is 0 Å². The third kappa shape index (κ3) is 5.98. The summed E-state index contributed by atoms with van der Waals surface area (Å²) in [5, 5.41) is 18.1. The van der Waals surface area contributed by atoms with E-state index in [4.69, 9.17) is 19.8 Å². The molecule has 0 unspecified atom stereocenters. The summed E-state index contributed by atoms with van der Waals surface area (Å²) in [5.41, 5.74) is 0. The minimum Gasteiger partial charge on any atom is -0.473 e. The summed E-state index contributed by atoms with van der Waals surface area (Å²) in [6, 6.07) is 0. The molecule has 0 atom stereocenters. The van der Waals surface area contributed by atoms with Gasteiger partial charge in [0.15, 0.2) is 0 Å². The number of carboxylic acids is 2. The maximum Gasteiger partial charge on any atom is 0.414 e. The van der Waals surface area contributed by atoms with Crippen LogP contribution in [0.3, 0.4) is 0 Å². The van der Waals surface area contributed by atoms with E-state index in [0.29, 0.717) is 12.5 Å². The van der Waals surface area contributed by atoms with Crippen LogP contribution in [-0.2, 0) is 14.4 Å². The van der Waals surface area contributed by atoms with Crippen LogP contribution in [-0.4, -0.2) is 83.7 Å². The molecule has 20 heavy (non-hydrogen) atoms. The van der Waals surface area contributed by atoms with Crippen LogP contribution in [0.1, 0.15) is 12.8 Å². The van der Waals surface area contributed by atoms with E-state index < -0.39 is 11.9 Å². The van der Waals surface area contributed by atoms with Crippen molar-refractivity contribution in [2.75, 3.05) is 45.8 Å². The maximum absolute atomic E-state index is 11.8. The number of carbonyl (C=O) groups is 3. The van der Waals surface area contributed by atoms with Gasteiger partial charge in [-0.05, 0) is 12.8 Å². The van der Waals surface area contributed by atoms with Gasteiger partial charge in [0, 0.05) is 39.3 Å². The van der Waals surface area contributed by atoms with Gasteiger partial charge >= 0.3 is 11.9 Å². The van der Waals surface area contributed by atoms with Crippen LogP contribution < -0.4 is 5.32 Å². The predicted octanol–water partition coefficient (Wildman–Crippen LogP) is -1.33. The Morgan fingerprint density at radius 3 is 1.85 bits per heavy atom. The van der Waals surface area contributed by atoms with Crippen molar-refractivity contribution in [1.29, 1.82) is 0 Å². The van der Waals surface area contributed by atoms with E-state index in [1.54, 1.807) is 0 Å². The molecule has 1 amide bonds. The van der Waals surface area contributed by atoms with Crippen molar-refractivity contribution >= 4 is 17.8 Å². The molecule has 2 heterocycles. The van der Waals surface area contributed by atoms with Gasteiger partial charge in [0.05, 0.1) is 6.54 Å². The number of carboxylic acid groups (broad SMARTS) is 2. The second-order valence-electron chi connectivity index (χ2n) is 4.72. The van der Waals surface area contributed by atoms with Gasteiger partial charge in [-0.15, -0.1) is 0 Å². The number of rotatable bonds is 2. The third-order valence-corrected chi connectivity index (χ3v) is 3.21. The molecule has 8 nitrogen and oxygen atoms in total. The summed E-state index contributed by atoms with van der Waals surface area (Å²) >= 11 is 0. The van der Waals surface area contributed by atoms with Gasteiger partial charge in [-0.3, -0.25) is 9.69 Å². The molecule has 2 fully saturated rings. The largest absolute Gasteiger partial charge is 0.473 e. The van der Waals surface area contributed by atoms with E-state index in [9.17, 15) is 4.79 Å². The van der Waals surface area contributed by atoms with Crippen molar-refractivity contribution in [3.8, 4) is 0 Å². The van der Waals surface area contributed by atoms with Crippen molar-refractivity contribution in [3.05, 3.63) is 0 Å². The van der Waals surface area contributed by atoms with Crippen molar-refractivity contribution in [2.45, 2.75) is 12.8 Å². The molecule has 2 aliphatic heterocycles. The molecule has 8 heteroatoms. The molecule has 3 N–H and O–H groups in total. The van der Waals surface area contributed by atoms with E-state index >= 15 is 0 Å². The second kappa shape index (κ2) is 8.49. The summed E-state index contributed by atoms with van der Waals surface area (Å²) in [4.78, 5) is 34.2. The molecule has 0 saturated carbocycles. The molecule has 2 saturated heterocycles. The lowest BCUT2D eigenvalue weighted by molar-refractivity contribution is -0.159. The van der Waals surface area contributed by atoms with E-state index in [0.717, 1.165) is 39.3 Å². The molecule has 0 aliphatic carbocycles. The average Bonchev–Trinajstić information content (AvgIpc) is 2.94. The zero-order valence-corrected chi connectivity index (χ0v) is 11.4. The van der Waals surface area contributed by atoms with Gasteiger partial charge < -0.3 is 20.4 Å². The average molecular weight is 287 g/mol. The maximum atomic E-state index is 11.8. The van der Waals surface area contributed by atoms with Crippen molar-refractivity contribution in [2.24, 2.45) is 0 Å². The normalized spacial score (nSPS) is 19.1. The minimum absolute atomic E-state index is 0.324. The quantitative estimate of drug-likeness (QED) is 0.540. The molecule has 114 valence electrons. The van der Waals surface area contributed by atoms with Gasteiger partial charge in [0.2, 0.25) is 5.91 Å². The number of hydrogen-bond acceptors (Lipinski definition) is 5. The Morgan fingerprint density at radius 2 is 1.40 bits per heavy atom. The number of amides is 1. The predicted molar refractivity (Wildman–Crippen MR) is 70.4 cm³/mol. The van der Waals surface area contributed by atoms with Gasteiger partial charge in [0.1, 0.15) is 0 Å². The first-order chi connectivity index (χ1) is 9.50. The van der Waals surface area contributed by atoms with Crippen molar-refractivity contribution < 1.29 is 24.6 Å². The Balaban J connectivity index is 0.000000286. The molecular weight excluding hydrogens is 266 g/mol. The SMILES string of the molecule is O=C(CN1CCNCC1)N1CCCC1.O=C(O)C(=O)O. The highest BCUT2D eigenvalue weighted by Gasteiger charge is 2.20. The zero-order valence-electron chi connectivity index (χ0n) is 11.4. The smallest absolute Gasteiger partial charge is 0.414 e. The lowest BCUT2D eigenvalue weighted by atomic mass is 10.3. The summed E-state index contributed by atoms with van der Waals surface area (Å²) in [6.45, 7) is 6.65. The molecule has 0 aromatic rings. The van der Waals surface area contributed by atoms with Crippen molar-refractivity contribution in [3.63, 3.8) is 0 Å². The van der Waals surface area contributed by atoms with E-state index in [1.165, 1.54) is 12.8 Å². The molecule has 0 aromatic carbocycles. The van der Waals surface area contributed by atoms with Crippen LogP contribution in [0.5, 0.6) is 0 Å². The molecular formula is C12H21N3O5. The highest BCUT2D eigenvalue weighted by Crippen LogP contribution is 2.08. The van der Waals surface area contributed by atoms with Gasteiger partial charge in [-0.1, -0.05) is 0 Å². The summed E-state index contributed by atoms with van der Waals surface area (Å²) < 4.78 is 0. The fraction of sp³-hybridized carbons (Fsp3) is 0.750. The first-order valence-corrected chi connectivity index (χ1v) is 6.67. The number of hydrogen-bond donors (Lipinski definition) is 3. The van der Waals surface area contributed by atoms with Crippen molar-refractivity contribution in [1.82, 2.24) is 15.1 Å². The minimum atomic E-state index is -1.82. The van der Waals surface area contributed by atoms with Crippen LogP contribution >= 0.6 is 0 Å². The highest BCUT2D eigenvalue weighted by molar-refractivity contribution is 6.27. The monoisotopic (exact) mass is 287 g/mol. The lowest BCUT2D eigenvalue weighted by Gasteiger charge is -2.28. The molecule has 0 bridgehead atoms. The zero-order chi connectivity index (χ0) is 15.0. The van der Waals surface area contributed by atoms with Gasteiger partial charge in [0.25, 0.3) is 0 Å². The fourth-order valence-corrected chi connectivity index (χ4v) is 2.13. The van der Waals surface area contributed by atoms with Gasteiger partial charge in [-0.25, -0.2) is 9.59 Å². The Hall–Kier alpha value is -1.67. The number of likely N-dealkylation sites (tertiary alicyclic amines) is 1. The first kappa shape index (κ1) is 16.4. The Labute approximate surface area is 117 Å². The highest BCUT2D eigenvalue weighted by atomic mass is 16.4. The van der Waals surface area contributed by atoms with E-state index in [1.807, 2.05) is 4.90 Å². The number of carbonyl (C=O) groups excluding carboxylic acids is 1. The van der Waals surface area contributed by atoms with Crippen LogP contribution in [0, 0.1) is 0 Å². The van der Waals surface area contributed by atoms with Crippen LogP contribution in [0.25, 0.3) is 0 Å². The Morgan fingerprint density at radius 1 is 0.900 bits per heavy atom. The summed E-state index contributed by atoms with van der Waals surface area (Å²) in [7, 11) is 0. The topological polar surface area (TPSA) is 110 Å². The summed E-state index contributed by atoms with van der Waals surface area (Å²) in [5.74, 6) is -3.32. The van der Waals surface area contributed by atoms with Crippen LogP contribution in [0.15, 0.2) is 0 Å². The molecule has 0 aromatic heterocycles. The standard InChI is InChI=1S/C10H19N3O.C2H2O4/c14-10(13-5-1-2-6-13)9-12-7-3-11-4-8-12;3-1(4)2(5)6/h11H,1-9H2;(H,3,4)(H,5,6). The first-order valence-electron chi connectivity index (χ1n) is 6.67. The Bertz CT molecular complexity index is 337. The van der Waals surface area contributed by atoms with E-state index in [2.05, 4.69) is 10.2 Å².